The molecule has 0 saturated carbocycles. The Labute approximate surface area is 192 Å². The van der Waals surface area contributed by atoms with Crippen LogP contribution in [0.3, 0.4) is 0 Å². The smallest absolute Gasteiger partial charge is 0.294 e. The van der Waals surface area contributed by atoms with Gasteiger partial charge in [-0.3, -0.25) is 14.9 Å². The van der Waals surface area contributed by atoms with Crippen molar-refractivity contribution >= 4 is 40.6 Å². The van der Waals surface area contributed by atoms with Gasteiger partial charge in [0, 0.05) is 23.2 Å². The standard InChI is InChI=1S/C21H19ClN4O5S/c1-2-25-17(13-3-6-18-19(9-13)31-8-7-30-18)11-23-21(25)32-12-20(27)24-15-5-4-14(22)10-16(15)26(28)29/h3-6,9-11H,2,7-8,12H2,1H3,(H,24,27). The zero-order chi connectivity index (χ0) is 22.7. The topological polar surface area (TPSA) is 109 Å². The van der Waals surface area contributed by atoms with Crippen LogP contribution in [0.1, 0.15) is 6.92 Å². The van der Waals surface area contributed by atoms with Gasteiger partial charge in [0.05, 0.1) is 22.6 Å². The quantitative estimate of drug-likeness (QED) is 0.302. The van der Waals surface area contributed by atoms with Crippen LogP contribution in [0.25, 0.3) is 11.3 Å². The van der Waals surface area contributed by atoms with Gasteiger partial charge in [-0.2, -0.15) is 0 Å². The Bertz CT molecular complexity index is 1180. The molecule has 1 amide bonds. The highest BCUT2D eigenvalue weighted by molar-refractivity contribution is 7.99. The molecule has 3 aromatic rings. The summed E-state index contributed by atoms with van der Waals surface area (Å²) in [5.74, 6) is 1.06. The number of hydrogen-bond acceptors (Lipinski definition) is 7. The van der Waals surface area contributed by atoms with Crippen LogP contribution >= 0.6 is 23.4 Å². The maximum Gasteiger partial charge on any atom is 0.294 e. The third-order valence-corrected chi connectivity index (χ3v) is 5.96. The molecule has 0 spiro atoms. The van der Waals surface area contributed by atoms with Crippen molar-refractivity contribution in [1.82, 2.24) is 9.55 Å². The molecule has 0 radical (unpaired) electrons. The van der Waals surface area contributed by atoms with E-state index in [9.17, 15) is 14.9 Å². The van der Waals surface area contributed by atoms with Gasteiger partial charge in [0.25, 0.3) is 5.69 Å². The minimum atomic E-state index is -0.585. The number of carbonyl (C=O) groups is 1. The maximum absolute atomic E-state index is 12.4. The van der Waals surface area contributed by atoms with Crippen LogP contribution < -0.4 is 14.8 Å². The summed E-state index contributed by atoms with van der Waals surface area (Å²) in [5, 5.41) is 14.7. The first kappa shape index (κ1) is 22.0. The number of aromatic nitrogens is 2. The van der Waals surface area contributed by atoms with E-state index in [1.807, 2.05) is 29.7 Å². The molecule has 1 aromatic heterocycles. The van der Waals surface area contributed by atoms with Gasteiger partial charge >= 0.3 is 0 Å². The molecule has 1 aliphatic rings. The molecule has 9 nitrogen and oxygen atoms in total. The van der Waals surface area contributed by atoms with Crippen molar-refractivity contribution in [2.45, 2.75) is 18.6 Å². The molecule has 0 saturated heterocycles. The SMILES string of the molecule is CCn1c(-c2ccc3c(c2)OCCO3)cnc1SCC(=O)Nc1ccc(Cl)cc1[N+](=O)[O-]. The van der Waals surface area contributed by atoms with E-state index in [-0.39, 0.29) is 28.1 Å². The molecule has 2 aromatic carbocycles. The molecule has 0 aliphatic carbocycles. The summed E-state index contributed by atoms with van der Waals surface area (Å²) in [6.07, 6.45) is 1.75. The van der Waals surface area contributed by atoms with E-state index in [2.05, 4.69) is 10.3 Å². The number of nitrogens with one attached hydrogen (secondary N) is 1. The predicted octanol–water partition coefficient (Wildman–Crippen LogP) is 4.63. The summed E-state index contributed by atoms with van der Waals surface area (Å²) in [6.45, 7) is 3.67. The summed E-state index contributed by atoms with van der Waals surface area (Å²) in [5.41, 5.74) is 1.66. The molecule has 11 heteroatoms. The maximum atomic E-state index is 12.4. The zero-order valence-electron chi connectivity index (χ0n) is 17.0. The number of amides is 1. The Morgan fingerprint density at radius 2 is 2.03 bits per heavy atom. The van der Waals surface area contributed by atoms with Gasteiger partial charge in [-0.05, 0) is 37.3 Å². The Balaban J connectivity index is 1.47. The number of imidazole rings is 1. The van der Waals surface area contributed by atoms with E-state index in [1.54, 1.807) is 6.20 Å². The number of anilines is 1. The lowest BCUT2D eigenvalue weighted by molar-refractivity contribution is -0.383. The van der Waals surface area contributed by atoms with Gasteiger partial charge < -0.3 is 19.4 Å². The largest absolute Gasteiger partial charge is 0.486 e. The Morgan fingerprint density at radius 3 is 2.78 bits per heavy atom. The molecule has 0 unspecified atom stereocenters. The van der Waals surface area contributed by atoms with Crippen molar-refractivity contribution in [3.05, 3.63) is 57.7 Å². The van der Waals surface area contributed by atoms with Gasteiger partial charge in [0.1, 0.15) is 18.9 Å². The zero-order valence-corrected chi connectivity index (χ0v) is 18.6. The Morgan fingerprint density at radius 1 is 1.25 bits per heavy atom. The van der Waals surface area contributed by atoms with Gasteiger partial charge in [-0.15, -0.1) is 0 Å². The third kappa shape index (κ3) is 4.66. The average molecular weight is 475 g/mol. The van der Waals surface area contributed by atoms with Crippen LogP contribution in [-0.4, -0.2) is 39.3 Å². The highest BCUT2D eigenvalue weighted by Crippen LogP contribution is 2.36. The van der Waals surface area contributed by atoms with Crippen LogP contribution in [-0.2, 0) is 11.3 Å². The van der Waals surface area contributed by atoms with Gasteiger partial charge in [0.15, 0.2) is 16.7 Å². The lowest BCUT2D eigenvalue weighted by Crippen LogP contribution is -2.16. The van der Waals surface area contributed by atoms with Crippen molar-refractivity contribution in [2.75, 3.05) is 24.3 Å². The second-order valence-electron chi connectivity index (χ2n) is 6.78. The number of nitrogens with zero attached hydrogens (tertiary/aromatic N) is 3. The number of halogens is 1. The van der Waals surface area contributed by atoms with Crippen LogP contribution in [0, 0.1) is 10.1 Å². The van der Waals surface area contributed by atoms with Gasteiger partial charge in [-0.25, -0.2) is 4.98 Å². The van der Waals surface area contributed by atoms with Crippen molar-refractivity contribution in [1.29, 1.82) is 0 Å². The Kier molecular flexibility index (Phi) is 6.52. The minimum absolute atomic E-state index is 0.0391. The van der Waals surface area contributed by atoms with Crippen LogP contribution in [0.15, 0.2) is 47.8 Å². The molecule has 166 valence electrons. The molecule has 0 atom stereocenters. The number of fused-ring (bicyclic) bond motifs is 1. The number of rotatable bonds is 7. The monoisotopic (exact) mass is 474 g/mol. The molecule has 0 fully saturated rings. The number of benzene rings is 2. The summed E-state index contributed by atoms with van der Waals surface area (Å²) < 4.78 is 13.2. The molecule has 1 N–H and O–H groups in total. The number of hydrogen-bond donors (Lipinski definition) is 1. The van der Waals surface area contributed by atoms with E-state index in [0.29, 0.717) is 36.4 Å². The fourth-order valence-corrected chi connectivity index (χ4v) is 4.30. The summed E-state index contributed by atoms with van der Waals surface area (Å²) >= 11 is 7.07. The number of carbonyl (C=O) groups excluding carboxylic acids is 1. The highest BCUT2D eigenvalue weighted by Gasteiger charge is 2.19. The summed E-state index contributed by atoms with van der Waals surface area (Å²) in [6, 6.07) is 9.83. The number of nitro benzene ring substituents is 1. The van der Waals surface area contributed by atoms with E-state index in [0.717, 1.165) is 11.3 Å². The molecule has 2 heterocycles. The van der Waals surface area contributed by atoms with Crippen molar-refractivity contribution in [3.8, 4) is 22.8 Å². The van der Waals surface area contributed by atoms with E-state index in [4.69, 9.17) is 21.1 Å². The number of thioether (sulfide) groups is 1. The lowest BCUT2D eigenvalue weighted by Gasteiger charge is -2.19. The van der Waals surface area contributed by atoms with Gasteiger partial charge in [-0.1, -0.05) is 23.4 Å². The first-order valence-corrected chi connectivity index (χ1v) is 11.1. The molecular weight excluding hydrogens is 456 g/mol. The summed E-state index contributed by atoms with van der Waals surface area (Å²) in [7, 11) is 0. The highest BCUT2D eigenvalue weighted by atomic mass is 35.5. The van der Waals surface area contributed by atoms with Gasteiger partial charge in [0.2, 0.25) is 5.91 Å². The normalized spacial score (nSPS) is 12.4. The molecular formula is C21H19ClN4O5S. The average Bonchev–Trinajstić information content (AvgIpc) is 3.21. The van der Waals surface area contributed by atoms with Crippen LogP contribution in [0.5, 0.6) is 11.5 Å². The second kappa shape index (κ2) is 9.49. The fraction of sp³-hybridized carbons (Fsp3) is 0.238. The van der Waals surface area contributed by atoms with E-state index in [1.165, 1.54) is 30.0 Å². The summed E-state index contributed by atoms with van der Waals surface area (Å²) in [4.78, 5) is 27.5. The number of nitro groups is 1. The lowest BCUT2D eigenvalue weighted by atomic mass is 10.1. The molecule has 4 rings (SSSR count). The third-order valence-electron chi connectivity index (χ3n) is 4.74. The molecule has 1 aliphatic heterocycles. The number of ether oxygens (including phenoxy) is 2. The van der Waals surface area contributed by atoms with Crippen molar-refractivity contribution < 1.29 is 19.2 Å². The first-order chi connectivity index (χ1) is 15.5. The van der Waals surface area contributed by atoms with Crippen LogP contribution in [0.4, 0.5) is 11.4 Å². The Hall–Kier alpha value is -3.24. The molecule has 0 bridgehead atoms. The second-order valence-corrected chi connectivity index (χ2v) is 8.16. The van der Waals surface area contributed by atoms with Crippen molar-refractivity contribution in [3.63, 3.8) is 0 Å². The molecule has 32 heavy (non-hydrogen) atoms. The minimum Gasteiger partial charge on any atom is -0.486 e. The fourth-order valence-electron chi connectivity index (χ4n) is 3.29. The first-order valence-electron chi connectivity index (χ1n) is 9.78. The van der Waals surface area contributed by atoms with Crippen LogP contribution in [0.2, 0.25) is 5.02 Å². The predicted molar refractivity (Wildman–Crippen MR) is 122 cm³/mol. The van der Waals surface area contributed by atoms with E-state index >= 15 is 0 Å². The van der Waals surface area contributed by atoms with Crippen molar-refractivity contribution in [2.24, 2.45) is 0 Å². The van der Waals surface area contributed by atoms with E-state index < -0.39 is 4.92 Å².